The lowest BCUT2D eigenvalue weighted by Gasteiger charge is -2.30. The molecule has 3 heterocycles. The average Bonchev–Trinajstić information content (AvgIpc) is 2.93. The Morgan fingerprint density at radius 1 is 1.24 bits per heavy atom. The summed E-state index contributed by atoms with van der Waals surface area (Å²) in [7, 11) is 0. The van der Waals surface area contributed by atoms with Crippen LogP contribution in [-0.4, -0.2) is 26.3 Å². The molecular formula is C15H20ClN5. The van der Waals surface area contributed by atoms with Gasteiger partial charge in [-0.3, -0.25) is 0 Å². The number of rotatable bonds is 2. The van der Waals surface area contributed by atoms with Crippen molar-refractivity contribution < 1.29 is 0 Å². The molecule has 0 aromatic carbocycles. The quantitative estimate of drug-likeness (QED) is 0.800. The number of alkyl halides is 1. The second-order valence-electron chi connectivity index (χ2n) is 6.46. The molecule has 0 atom stereocenters. The number of pyridine rings is 1. The zero-order chi connectivity index (χ0) is 15.0. The van der Waals surface area contributed by atoms with Gasteiger partial charge in [0.2, 0.25) is 0 Å². The first-order valence-corrected chi connectivity index (χ1v) is 7.70. The molecule has 1 aliphatic heterocycles. The van der Waals surface area contributed by atoms with Gasteiger partial charge in [-0.25, -0.2) is 4.98 Å². The zero-order valence-electron chi connectivity index (χ0n) is 12.7. The Morgan fingerprint density at radius 2 is 2.05 bits per heavy atom. The number of anilines is 1. The molecule has 0 N–H and O–H groups in total. The maximum Gasteiger partial charge on any atom is 0.152 e. The van der Waals surface area contributed by atoms with Crippen LogP contribution in [0.1, 0.15) is 37.9 Å². The highest BCUT2D eigenvalue weighted by Gasteiger charge is 2.22. The lowest BCUT2D eigenvalue weighted by atomic mass is 9.91. The highest BCUT2D eigenvalue weighted by atomic mass is 35.5. The smallest absolute Gasteiger partial charge is 0.152 e. The predicted molar refractivity (Wildman–Crippen MR) is 83.6 cm³/mol. The fraction of sp³-hybridized carbons (Fsp3) is 0.533. The van der Waals surface area contributed by atoms with Crippen molar-refractivity contribution in [1.82, 2.24) is 19.7 Å². The summed E-state index contributed by atoms with van der Waals surface area (Å²) in [5.41, 5.74) is 2.19. The van der Waals surface area contributed by atoms with Crippen LogP contribution in [0.4, 0.5) is 5.82 Å². The molecule has 0 saturated carbocycles. The molecule has 5 nitrogen and oxygen atoms in total. The van der Waals surface area contributed by atoms with Crippen molar-refractivity contribution in [3.05, 3.63) is 35.5 Å². The van der Waals surface area contributed by atoms with Crippen LogP contribution in [0, 0.1) is 0 Å². The highest BCUT2D eigenvalue weighted by molar-refractivity contribution is 6.17. The van der Waals surface area contributed by atoms with E-state index in [9.17, 15) is 0 Å². The molecule has 0 spiro atoms. The number of hydrogen-bond acceptors (Lipinski definition) is 4. The molecular weight excluding hydrogens is 286 g/mol. The van der Waals surface area contributed by atoms with Crippen LogP contribution in [0.25, 0.3) is 0 Å². The molecule has 21 heavy (non-hydrogen) atoms. The summed E-state index contributed by atoms with van der Waals surface area (Å²) < 4.78 is 2.09. The van der Waals surface area contributed by atoms with E-state index in [1.165, 1.54) is 0 Å². The average molecular weight is 306 g/mol. The van der Waals surface area contributed by atoms with Crippen molar-refractivity contribution in [2.75, 3.05) is 11.4 Å². The number of hydrogen-bond donors (Lipinski definition) is 0. The number of nitrogens with zero attached hydrogens (tertiary/aromatic N) is 5. The fourth-order valence-corrected chi connectivity index (χ4v) is 2.61. The van der Waals surface area contributed by atoms with Gasteiger partial charge in [0.05, 0.1) is 6.54 Å². The first-order chi connectivity index (χ1) is 9.97. The fourth-order valence-electron chi connectivity index (χ4n) is 2.46. The van der Waals surface area contributed by atoms with Gasteiger partial charge < -0.3 is 9.47 Å². The summed E-state index contributed by atoms with van der Waals surface area (Å²) in [6.07, 6.45) is 1.79. The van der Waals surface area contributed by atoms with E-state index in [-0.39, 0.29) is 5.41 Å². The van der Waals surface area contributed by atoms with Gasteiger partial charge in [0.15, 0.2) is 5.82 Å². The van der Waals surface area contributed by atoms with Crippen molar-refractivity contribution in [3.63, 3.8) is 0 Å². The largest absolute Gasteiger partial charge is 0.347 e. The monoisotopic (exact) mass is 305 g/mol. The van der Waals surface area contributed by atoms with Crippen LogP contribution in [-0.2, 0) is 24.4 Å². The molecule has 0 aliphatic carbocycles. The van der Waals surface area contributed by atoms with E-state index in [4.69, 9.17) is 16.6 Å². The van der Waals surface area contributed by atoms with Crippen LogP contribution in [0.5, 0.6) is 0 Å². The van der Waals surface area contributed by atoms with Crippen LogP contribution in [0.3, 0.4) is 0 Å². The van der Waals surface area contributed by atoms with Crippen LogP contribution < -0.4 is 4.90 Å². The maximum absolute atomic E-state index is 6.05. The Labute approximate surface area is 130 Å². The molecule has 0 radical (unpaired) electrons. The van der Waals surface area contributed by atoms with E-state index in [1.54, 1.807) is 6.33 Å². The SMILES string of the molecule is CC(C)(C)c1cc(CCl)cc(N2CCn3cnnc3C2)n1. The first kappa shape index (κ1) is 14.3. The van der Waals surface area contributed by atoms with Gasteiger partial charge in [0, 0.05) is 30.1 Å². The standard InChI is InChI=1S/C15H20ClN5/c1-15(2,3)12-6-11(8-16)7-13(18-12)20-4-5-21-10-17-19-14(21)9-20/h6-7,10H,4-5,8-9H2,1-3H3. The van der Waals surface area contributed by atoms with E-state index >= 15 is 0 Å². The Morgan fingerprint density at radius 3 is 2.76 bits per heavy atom. The first-order valence-electron chi connectivity index (χ1n) is 7.16. The Hall–Kier alpha value is -1.62. The highest BCUT2D eigenvalue weighted by Crippen LogP contribution is 2.27. The number of halogens is 1. The van der Waals surface area contributed by atoms with Gasteiger partial charge in [-0.05, 0) is 17.7 Å². The molecule has 2 aromatic rings. The summed E-state index contributed by atoms with van der Waals surface area (Å²) in [5, 5.41) is 8.13. The van der Waals surface area contributed by atoms with Gasteiger partial charge in [0.1, 0.15) is 12.1 Å². The van der Waals surface area contributed by atoms with Crippen molar-refractivity contribution in [2.45, 2.75) is 45.2 Å². The normalized spacial score (nSPS) is 15.1. The summed E-state index contributed by atoms with van der Waals surface area (Å²) >= 11 is 6.05. The topological polar surface area (TPSA) is 46.8 Å². The van der Waals surface area contributed by atoms with Crippen LogP contribution in [0.15, 0.2) is 18.5 Å². The molecule has 0 fully saturated rings. The minimum Gasteiger partial charge on any atom is -0.347 e. The van der Waals surface area contributed by atoms with E-state index in [0.29, 0.717) is 5.88 Å². The van der Waals surface area contributed by atoms with Gasteiger partial charge in [0.25, 0.3) is 0 Å². The molecule has 0 amide bonds. The maximum atomic E-state index is 6.05. The van der Waals surface area contributed by atoms with Crippen molar-refractivity contribution >= 4 is 17.4 Å². The second kappa shape index (κ2) is 5.30. The molecule has 1 aliphatic rings. The van der Waals surface area contributed by atoms with Gasteiger partial charge >= 0.3 is 0 Å². The zero-order valence-corrected chi connectivity index (χ0v) is 13.4. The predicted octanol–water partition coefficient (Wildman–Crippen LogP) is 2.73. The van der Waals surface area contributed by atoms with Gasteiger partial charge in [-0.2, -0.15) is 0 Å². The summed E-state index contributed by atoms with van der Waals surface area (Å²) in [6, 6.07) is 4.18. The molecule has 3 rings (SSSR count). The second-order valence-corrected chi connectivity index (χ2v) is 6.73. The Bertz CT molecular complexity index is 644. The van der Waals surface area contributed by atoms with Crippen molar-refractivity contribution in [2.24, 2.45) is 0 Å². The third-order valence-corrected chi connectivity index (χ3v) is 4.07. The summed E-state index contributed by atoms with van der Waals surface area (Å²) in [5.74, 6) is 2.46. The molecule has 6 heteroatoms. The number of fused-ring (bicyclic) bond motifs is 1. The van der Waals surface area contributed by atoms with Crippen molar-refractivity contribution in [1.29, 1.82) is 0 Å². The molecule has 0 saturated heterocycles. The molecule has 0 unspecified atom stereocenters. The van der Waals surface area contributed by atoms with Gasteiger partial charge in [-0.15, -0.1) is 21.8 Å². The van der Waals surface area contributed by atoms with Crippen LogP contribution in [0.2, 0.25) is 0 Å². The Kier molecular flexibility index (Phi) is 3.61. The molecule has 112 valence electrons. The van der Waals surface area contributed by atoms with E-state index in [2.05, 4.69) is 52.6 Å². The van der Waals surface area contributed by atoms with E-state index in [0.717, 1.165) is 42.5 Å². The van der Waals surface area contributed by atoms with Crippen molar-refractivity contribution in [3.8, 4) is 0 Å². The minimum absolute atomic E-state index is 0.00658. The lowest BCUT2D eigenvalue weighted by molar-refractivity contribution is 0.544. The minimum atomic E-state index is 0.00658. The van der Waals surface area contributed by atoms with Gasteiger partial charge in [-0.1, -0.05) is 20.8 Å². The number of aromatic nitrogens is 4. The van der Waals surface area contributed by atoms with E-state index < -0.39 is 0 Å². The lowest BCUT2D eigenvalue weighted by Crippen LogP contribution is -2.34. The van der Waals surface area contributed by atoms with E-state index in [1.807, 2.05) is 0 Å². The third kappa shape index (κ3) is 2.88. The Balaban J connectivity index is 1.95. The summed E-state index contributed by atoms with van der Waals surface area (Å²) in [4.78, 5) is 7.09. The summed E-state index contributed by atoms with van der Waals surface area (Å²) in [6.45, 7) is 9.05. The molecule has 0 bridgehead atoms. The third-order valence-electron chi connectivity index (χ3n) is 3.76. The van der Waals surface area contributed by atoms with Crippen LogP contribution >= 0.6 is 11.6 Å². The molecule has 2 aromatic heterocycles.